The number of hydrogen-bond acceptors (Lipinski definition) is 3. The normalized spacial score (nSPS) is 17.2. The zero-order valence-corrected chi connectivity index (χ0v) is 15.8. The van der Waals surface area contributed by atoms with Gasteiger partial charge in [0, 0.05) is 29.0 Å². The highest BCUT2D eigenvalue weighted by Crippen LogP contribution is 2.24. The van der Waals surface area contributed by atoms with Crippen LogP contribution in [0.2, 0.25) is 5.15 Å². The molecule has 7 heteroatoms. The van der Waals surface area contributed by atoms with Crippen LogP contribution in [0.3, 0.4) is 0 Å². The highest BCUT2D eigenvalue weighted by molar-refractivity contribution is 9.11. The van der Waals surface area contributed by atoms with Gasteiger partial charge in [-0.3, -0.25) is 4.79 Å². The fraction of sp³-hybridized carbons (Fsp3) is 0.0526. The number of fused-ring (bicyclic) bond motifs is 2. The summed E-state index contributed by atoms with van der Waals surface area (Å²) in [5, 5.41) is 0.127. The number of aliphatic imine (C=N–C) groups is 2. The van der Waals surface area contributed by atoms with E-state index in [0.717, 1.165) is 15.6 Å². The molecule has 4 rings (SSSR count). The summed E-state index contributed by atoms with van der Waals surface area (Å²) >= 11 is 9.51. The van der Waals surface area contributed by atoms with Gasteiger partial charge in [-0.1, -0.05) is 35.9 Å². The quantitative estimate of drug-likeness (QED) is 0.636. The van der Waals surface area contributed by atoms with Crippen molar-refractivity contribution in [2.45, 2.75) is 6.54 Å². The SMILES string of the molecule is O=C(N=C1N=C2C=CC(Br)=CN2Cc2ccccc21)c1cccnc1Cl. The van der Waals surface area contributed by atoms with Crippen molar-refractivity contribution < 1.29 is 4.79 Å². The van der Waals surface area contributed by atoms with E-state index >= 15 is 0 Å². The van der Waals surface area contributed by atoms with Crippen LogP contribution in [0.15, 0.2) is 75.4 Å². The van der Waals surface area contributed by atoms with Crippen LogP contribution >= 0.6 is 27.5 Å². The Hall–Kier alpha value is -2.57. The number of aromatic nitrogens is 1. The molecule has 1 aromatic heterocycles. The molecule has 0 aliphatic carbocycles. The number of allylic oxidation sites excluding steroid dienone is 2. The van der Waals surface area contributed by atoms with Crippen molar-refractivity contribution in [2.24, 2.45) is 9.98 Å². The lowest BCUT2D eigenvalue weighted by Gasteiger charge is -2.21. The summed E-state index contributed by atoms with van der Waals surface area (Å²) in [5.41, 5.74) is 2.10. The molecule has 5 nitrogen and oxygen atoms in total. The highest BCUT2D eigenvalue weighted by atomic mass is 79.9. The van der Waals surface area contributed by atoms with Crippen LogP contribution in [0.4, 0.5) is 0 Å². The van der Waals surface area contributed by atoms with Crippen LogP contribution in [0.25, 0.3) is 0 Å². The van der Waals surface area contributed by atoms with Gasteiger partial charge in [0.2, 0.25) is 0 Å². The molecule has 0 atom stereocenters. The maximum atomic E-state index is 12.6. The van der Waals surface area contributed by atoms with Gasteiger partial charge in [0.05, 0.1) is 5.56 Å². The number of halogens is 2. The summed E-state index contributed by atoms with van der Waals surface area (Å²) in [6, 6.07) is 11.0. The Kier molecular flexibility index (Phi) is 4.53. The Labute approximate surface area is 163 Å². The Morgan fingerprint density at radius 2 is 2.04 bits per heavy atom. The number of hydrogen-bond donors (Lipinski definition) is 0. The molecule has 3 heterocycles. The van der Waals surface area contributed by atoms with Crippen molar-refractivity contribution in [3.05, 3.63) is 87.3 Å². The fourth-order valence-corrected chi connectivity index (χ4v) is 3.33. The standard InChI is InChI=1S/C19H12BrClN4O/c20-13-7-8-16-23-18(24-19(26)15-6-3-9-22-17(15)21)14-5-2-1-4-12(14)10-25(16)11-13/h1-9,11H,10H2. The summed E-state index contributed by atoms with van der Waals surface area (Å²) in [7, 11) is 0. The summed E-state index contributed by atoms with van der Waals surface area (Å²) < 4.78 is 0.951. The first kappa shape index (κ1) is 16.9. The lowest BCUT2D eigenvalue weighted by Crippen LogP contribution is -2.24. The minimum absolute atomic E-state index is 0.127. The number of benzene rings is 1. The van der Waals surface area contributed by atoms with E-state index in [1.54, 1.807) is 12.1 Å². The molecule has 2 aliphatic rings. The van der Waals surface area contributed by atoms with Crippen LogP contribution in [-0.4, -0.2) is 27.5 Å². The third-order valence-corrected chi connectivity index (χ3v) is 4.75. The zero-order valence-electron chi connectivity index (χ0n) is 13.4. The van der Waals surface area contributed by atoms with Crippen LogP contribution < -0.4 is 0 Å². The molecule has 128 valence electrons. The Balaban J connectivity index is 1.83. The second-order valence-electron chi connectivity index (χ2n) is 5.68. The molecular formula is C19H12BrClN4O. The number of pyridine rings is 1. The second kappa shape index (κ2) is 6.97. The highest BCUT2D eigenvalue weighted by Gasteiger charge is 2.22. The van der Waals surface area contributed by atoms with Gasteiger partial charge in [-0.05, 0) is 45.8 Å². The van der Waals surface area contributed by atoms with E-state index in [0.29, 0.717) is 18.2 Å². The van der Waals surface area contributed by atoms with Crippen molar-refractivity contribution in [2.75, 3.05) is 0 Å². The van der Waals surface area contributed by atoms with Crippen LogP contribution in [0.1, 0.15) is 21.5 Å². The van der Waals surface area contributed by atoms with Gasteiger partial charge in [-0.2, -0.15) is 4.99 Å². The molecule has 0 fully saturated rings. The molecule has 0 N–H and O–H groups in total. The molecule has 0 unspecified atom stereocenters. The second-order valence-corrected chi connectivity index (χ2v) is 6.96. The number of rotatable bonds is 1. The molecule has 2 aromatic rings. The Morgan fingerprint density at radius 1 is 1.19 bits per heavy atom. The monoisotopic (exact) mass is 426 g/mol. The molecular weight excluding hydrogens is 416 g/mol. The lowest BCUT2D eigenvalue weighted by atomic mass is 10.1. The summed E-state index contributed by atoms with van der Waals surface area (Å²) in [6.45, 7) is 0.634. The first-order valence-corrected chi connectivity index (χ1v) is 9.01. The average Bonchev–Trinajstić information content (AvgIpc) is 2.78. The van der Waals surface area contributed by atoms with E-state index in [1.165, 1.54) is 6.20 Å². The molecule has 0 saturated carbocycles. The van der Waals surface area contributed by atoms with Gasteiger partial charge >= 0.3 is 0 Å². The van der Waals surface area contributed by atoms with Crippen molar-refractivity contribution in [1.82, 2.24) is 9.88 Å². The molecule has 2 aliphatic heterocycles. The van der Waals surface area contributed by atoms with Crippen molar-refractivity contribution in [1.29, 1.82) is 0 Å². The smallest absolute Gasteiger partial charge is 0.282 e. The van der Waals surface area contributed by atoms with E-state index in [1.807, 2.05) is 47.5 Å². The van der Waals surface area contributed by atoms with E-state index in [-0.39, 0.29) is 10.7 Å². The van der Waals surface area contributed by atoms with Gasteiger partial charge in [-0.15, -0.1) is 0 Å². The molecule has 0 saturated heterocycles. The van der Waals surface area contributed by atoms with Gasteiger partial charge in [-0.25, -0.2) is 9.98 Å². The van der Waals surface area contributed by atoms with Gasteiger partial charge < -0.3 is 4.90 Å². The van der Waals surface area contributed by atoms with Crippen molar-refractivity contribution >= 4 is 45.1 Å². The largest absolute Gasteiger partial charge is 0.327 e. The summed E-state index contributed by atoms with van der Waals surface area (Å²) in [4.78, 5) is 27.5. The van der Waals surface area contributed by atoms with Crippen molar-refractivity contribution in [3.63, 3.8) is 0 Å². The van der Waals surface area contributed by atoms with Crippen LogP contribution in [0.5, 0.6) is 0 Å². The zero-order chi connectivity index (χ0) is 18.1. The maximum absolute atomic E-state index is 12.6. The van der Waals surface area contributed by atoms with E-state index in [4.69, 9.17) is 11.6 Å². The Bertz CT molecular complexity index is 1030. The molecule has 1 aromatic carbocycles. The molecule has 0 radical (unpaired) electrons. The molecule has 0 spiro atoms. The maximum Gasteiger partial charge on any atom is 0.282 e. The molecule has 0 bridgehead atoms. The number of carbonyl (C=O) groups is 1. The third-order valence-electron chi connectivity index (χ3n) is 3.98. The van der Waals surface area contributed by atoms with Crippen LogP contribution in [0, 0.1) is 0 Å². The first-order chi connectivity index (χ1) is 12.6. The van der Waals surface area contributed by atoms with E-state index < -0.39 is 5.91 Å². The third kappa shape index (κ3) is 3.25. The summed E-state index contributed by atoms with van der Waals surface area (Å²) in [5.74, 6) is 0.606. The van der Waals surface area contributed by atoms with Crippen LogP contribution in [-0.2, 0) is 6.54 Å². The van der Waals surface area contributed by atoms with E-state index in [9.17, 15) is 4.79 Å². The number of carbonyl (C=O) groups excluding carboxylic acids is 1. The van der Waals surface area contributed by atoms with Gasteiger partial charge in [0.1, 0.15) is 11.0 Å². The minimum Gasteiger partial charge on any atom is -0.327 e. The topological polar surface area (TPSA) is 57.9 Å². The molecule has 1 amide bonds. The Morgan fingerprint density at radius 3 is 2.88 bits per heavy atom. The van der Waals surface area contributed by atoms with E-state index in [2.05, 4.69) is 30.9 Å². The first-order valence-electron chi connectivity index (χ1n) is 7.84. The van der Waals surface area contributed by atoms with Gasteiger partial charge in [0.15, 0.2) is 5.84 Å². The summed E-state index contributed by atoms with van der Waals surface area (Å²) in [6.07, 6.45) is 7.27. The fourth-order valence-electron chi connectivity index (χ4n) is 2.75. The predicted molar refractivity (Wildman–Crippen MR) is 106 cm³/mol. The molecule has 26 heavy (non-hydrogen) atoms. The number of amidine groups is 2. The average molecular weight is 428 g/mol. The van der Waals surface area contributed by atoms with Crippen molar-refractivity contribution in [3.8, 4) is 0 Å². The van der Waals surface area contributed by atoms with Gasteiger partial charge in [0.25, 0.3) is 5.91 Å². The predicted octanol–water partition coefficient (Wildman–Crippen LogP) is 4.34. The number of amides is 1. The minimum atomic E-state index is -0.470. The lowest BCUT2D eigenvalue weighted by molar-refractivity contribution is 0.100. The number of nitrogens with zero attached hydrogens (tertiary/aromatic N) is 4.